The fraction of sp³-hybridized carbons (Fsp3) is 0.350. The van der Waals surface area contributed by atoms with Crippen LogP contribution in [0.3, 0.4) is 0 Å². The number of amides is 1. The van der Waals surface area contributed by atoms with Gasteiger partial charge in [-0.25, -0.2) is 9.97 Å². The molecule has 0 aliphatic heterocycles. The fourth-order valence-electron chi connectivity index (χ4n) is 3.24. The summed E-state index contributed by atoms with van der Waals surface area (Å²) in [5.74, 6) is 1.45. The van der Waals surface area contributed by atoms with Crippen LogP contribution in [0.25, 0.3) is 10.2 Å². The summed E-state index contributed by atoms with van der Waals surface area (Å²) in [5.41, 5.74) is 2.97. The number of benzene rings is 1. The third kappa shape index (κ3) is 3.21. The Balaban J connectivity index is 1.65. The van der Waals surface area contributed by atoms with Gasteiger partial charge >= 0.3 is 0 Å². The minimum atomic E-state index is 0.0119. The first-order valence-corrected chi connectivity index (χ1v) is 9.91. The zero-order valence-electron chi connectivity index (χ0n) is 15.0. The molecule has 4 rings (SSSR count). The number of carbonyl (C=O) groups excluding carboxylic acids is 1. The molecule has 0 saturated heterocycles. The second-order valence-electron chi connectivity index (χ2n) is 6.97. The lowest BCUT2D eigenvalue weighted by atomic mass is 10.1. The van der Waals surface area contributed by atoms with Gasteiger partial charge in [0, 0.05) is 29.9 Å². The van der Waals surface area contributed by atoms with Gasteiger partial charge in [-0.05, 0) is 49.9 Å². The van der Waals surface area contributed by atoms with Gasteiger partial charge in [0.15, 0.2) is 0 Å². The maximum absolute atomic E-state index is 13.0. The standard InChI is InChI=1S/C20H20ClN3OS/c1-11-16-12(2)22-18(14-7-8-14)23-19(16)26-17(11)20(25)24(3)10-13-5-4-6-15(21)9-13/h4-6,9,14H,7-8,10H2,1-3H3. The number of aromatic nitrogens is 2. The van der Waals surface area contributed by atoms with E-state index in [2.05, 4.69) is 4.98 Å². The highest BCUT2D eigenvalue weighted by Gasteiger charge is 2.29. The molecule has 0 bridgehead atoms. The van der Waals surface area contributed by atoms with Crippen LogP contribution in [0.1, 0.15) is 51.1 Å². The van der Waals surface area contributed by atoms with Gasteiger partial charge in [0.25, 0.3) is 5.91 Å². The van der Waals surface area contributed by atoms with Gasteiger partial charge in [0.05, 0.1) is 10.6 Å². The highest BCUT2D eigenvalue weighted by Crippen LogP contribution is 2.40. The van der Waals surface area contributed by atoms with Gasteiger partial charge < -0.3 is 4.90 Å². The Morgan fingerprint density at radius 2 is 2.08 bits per heavy atom. The summed E-state index contributed by atoms with van der Waals surface area (Å²) in [6.07, 6.45) is 2.34. The van der Waals surface area contributed by atoms with Crippen LogP contribution in [-0.4, -0.2) is 27.8 Å². The predicted octanol–water partition coefficient (Wildman–Crippen LogP) is 5.11. The number of carbonyl (C=O) groups is 1. The molecule has 0 unspecified atom stereocenters. The Labute approximate surface area is 161 Å². The SMILES string of the molecule is Cc1nc(C2CC2)nc2sc(C(=O)N(C)Cc3cccc(Cl)c3)c(C)c12. The Hall–Kier alpha value is -1.98. The van der Waals surface area contributed by atoms with Crippen molar-refractivity contribution in [2.24, 2.45) is 0 Å². The van der Waals surface area contributed by atoms with E-state index >= 15 is 0 Å². The van der Waals surface area contributed by atoms with Crippen molar-refractivity contribution < 1.29 is 4.79 Å². The van der Waals surface area contributed by atoms with Crippen molar-refractivity contribution in [2.45, 2.75) is 39.2 Å². The van der Waals surface area contributed by atoms with Crippen molar-refractivity contribution in [2.75, 3.05) is 7.05 Å². The minimum Gasteiger partial charge on any atom is -0.337 e. The zero-order valence-corrected chi connectivity index (χ0v) is 16.6. The quantitative estimate of drug-likeness (QED) is 0.626. The number of aryl methyl sites for hydroxylation is 2. The smallest absolute Gasteiger partial charge is 0.264 e. The van der Waals surface area contributed by atoms with Crippen LogP contribution in [0.4, 0.5) is 0 Å². The first-order chi connectivity index (χ1) is 12.4. The van der Waals surface area contributed by atoms with E-state index in [-0.39, 0.29) is 5.91 Å². The lowest BCUT2D eigenvalue weighted by molar-refractivity contribution is 0.0789. The van der Waals surface area contributed by atoms with Gasteiger partial charge in [-0.3, -0.25) is 4.79 Å². The zero-order chi connectivity index (χ0) is 18.4. The number of rotatable bonds is 4. The van der Waals surface area contributed by atoms with E-state index in [1.807, 2.05) is 45.2 Å². The maximum atomic E-state index is 13.0. The van der Waals surface area contributed by atoms with Crippen LogP contribution >= 0.6 is 22.9 Å². The number of thiophene rings is 1. The van der Waals surface area contributed by atoms with Crippen molar-refractivity contribution in [1.82, 2.24) is 14.9 Å². The van der Waals surface area contributed by atoms with Crippen molar-refractivity contribution in [3.8, 4) is 0 Å². The molecule has 1 fully saturated rings. The van der Waals surface area contributed by atoms with E-state index in [1.54, 1.807) is 4.90 Å². The summed E-state index contributed by atoms with van der Waals surface area (Å²) >= 11 is 7.53. The van der Waals surface area contributed by atoms with E-state index in [0.29, 0.717) is 17.5 Å². The van der Waals surface area contributed by atoms with E-state index in [0.717, 1.165) is 37.7 Å². The number of fused-ring (bicyclic) bond motifs is 1. The third-order valence-electron chi connectivity index (χ3n) is 4.78. The van der Waals surface area contributed by atoms with Gasteiger partial charge in [-0.1, -0.05) is 23.7 Å². The van der Waals surface area contributed by atoms with Gasteiger partial charge in [0.2, 0.25) is 0 Å². The van der Waals surface area contributed by atoms with Crippen LogP contribution in [0.5, 0.6) is 0 Å². The summed E-state index contributed by atoms with van der Waals surface area (Å²) in [6.45, 7) is 4.52. The highest BCUT2D eigenvalue weighted by molar-refractivity contribution is 7.20. The lowest BCUT2D eigenvalue weighted by Gasteiger charge is -2.17. The number of hydrogen-bond acceptors (Lipinski definition) is 4. The Morgan fingerprint density at radius 3 is 2.77 bits per heavy atom. The Bertz CT molecular complexity index is 1010. The molecule has 26 heavy (non-hydrogen) atoms. The molecule has 4 nitrogen and oxygen atoms in total. The first kappa shape index (κ1) is 17.4. The first-order valence-electron chi connectivity index (χ1n) is 8.71. The van der Waals surface area contributed by atoms with Gasteiger partial charge in [-0.15, -0.1) is 11.3 Å². The Kier molecular flexibility index (Phi) is 4.45. The van der Waals surface area contributed by atoms with Crippen LogP contribution in [0.2, 0.25) is 5.02 Å². The normalized spacial score (nSPS) is 14.0. The van der Waals surface area contributed by atoms with Crippen molar-refractivity contribution in [3.05, 3.63) is 56.8 Å². The molecule has 1 aliphatic rings. The second-order valence-corrected chi connectivity index (χ2v) is 8.40. The summed E-state index contributed by atoms with van der Waals surface area (Å²) < 4.78 is 0. The Morgan fingerprint density at radius 1 is 1.31 bits per heavy atom. The molecule has 2 aromatic heterocycles. The molecule has 1 amide bonds. The third-order valence-corrected chi connectivity index (χ3v) is 6.19. The minimum absolute atomic E-state index is 0.0119. The molecule has 134 valence electrons. The number of nitrogens with zero attached hydrogens (tertiary/aromatic N) is 3. The molecule has 0 spiro atoms. The second kappa shape index (κ2) is 6.63. The fourth-order valence-corrected chi connectivity index (χ4v) is 4.69. The van der Waals surface area contributed by atoms with Crippen LogP contribution in [-0.2, 0) is 6.54 Å². The molecule has 3 aromatic rings. The molecule has 1 aromatic carbocycles. The molecule has 0 atom stereocenters. The largest absolute Gasteiger partial charge is 0.337 e. The van der Waals surface area contributed by atoms with Crippen LogP contribution in [0.15, 0.2) is 24.3 Å². The topological polar surface area (TPSA) is 46.1 Å². The predicted molar refractivity (Wildman–Crippen MR) is 106 cm³/mol. The molecule has 6 heteroatoms. The van der Waals surface area contributed by atoms with Crippen LogP contribution < -0.4 is 0 Å². The molecule has 2 heterocycles. The monoisotopic (exact) mass is 385 g/mol. The summed E-state index contributed by atoms with van der Waals surface area (Å²) in [7, 11) is 1.82. The lowest BCUT2D eigenvalue weighted by Crippen LogP contribution is -2.25. The summed E-state index contributed by atoms with van der Waals surface area (Å²) in [4.78, 5) is 25.8. The molecule has 1 aliphatic carbocycles. The van der Waals surface area contributed by atoms with Crippen molar-refractivity contribution in [1.29, 1.82) is 0 Å². The average Bonchev–Trinajstić information content (AvgIpc) is 3.38. The summed E-state index contributed by atoms with van der Waals surface area (Å²) in [6, 6.07) is 7.60. The van der Waals surface area contributed by atoms with Crippen molar-refractivity contribution in [3.63, 3.8) is 0 Å². The molecule has 1 saturated carbocycles. The molecular formula is C20H20ClN3OS. The average molecular weight is 386 g/mol. The van der Waals surface area contributed by atoms with Crippen LogP contribution in [0, 0.1) is 13.8 Å². The molecule has 0 radical (unpaired) electrons. The summed E-state index contributed by atoms with van der Waals surface area (Å²) in [5, 5.41) is 1.71. The maximum Gasteiger partial charge on any atom is 0.264 e. The number of halogens is 1. The molecular weight excluding hydrogens is 366 g/mol. The van der Waals surface area contributed by atoms with E-state index in [1.165, 1.54) is 24.2 Å². The van der Waals surface area contributed by atoms with Crippen molar-refractivity contribution >= 4 is 39.1 Å². The van der Waals surface area contributed by atoms with Gasteiger partial charge in [0.1, 0.15) is 10.7 Å². The van der Waals surface area contributed by atoms with E-state index in [9.17, 15) is 4.79 Å². The van der Waals surface area contributed by atoms with Gasteiger partial charge in [-0.2, -0.15) is 0 Å². The van der Waals surface area contributed by atoms with E-state index in [4.69, 9.17) is 16.6 Å². The number of hydrogen-bond donors (Lipinski definition) is 0. The molecule has 0 N–H and O–H groups in total. The highest BCUT2D eigenvalue weighted by atomic mass is 35.5. The van der Waals surface area contributed by atoms with E-state index < -0.39 is 0 Å².